The molecule has 3 heterocycles. The fourth-order valence-corrected chi connectivity index (χ4v) is 4.12. The molecule has 0 amide bonds. The van der Waals surface area contributed by atoms with Crippen LogP contribution >= 0.6 is 15.9 Å². The molecule has 0 bridgehead atoms. The van der Waals surface area contributed by atoms with Crippen LogP contribution in [0, 0.1) is 0 Å². The van der Waals surface area contributed by atoms with E-state index in [1.165, 1.54) is 10.5 Å². The number of ether oxygens (including phenoxy) is 1. The predicted molar refractivity (Wildman–Crippen MR) is 109 cm³/mol. The summed E-state index contributed by atoms with van der Waals surface area (Å²) >= 11 is 3.50. The van der Waals surface area contributed by atoms with Crippen LogP contribution in [0.2, 0.25) is 0 Å². The molecule has 0 saturated heterocycles. The van der Waals surface area contributed by atoms with Crippen molar-refractivity contribution < 1.29 is 9.53 Å². The van der Waals surface area contributed by atoms with Gasteiger partial charge in [0.2, 0.25) is 0 Å². The van der Waals surface area contributed by atoms with Crippen LogP contribution in [0.25, 0.3) is 5.65 Å². The summed E-state index contributed by atoms with van der Waals surface area (Å²) in [7, 11) is 0. The zero-order valence-electron chi connectivity index (χ0n) is 15.5. The lowest BCUT2D eigenvalue weighted by molar-refractivity contribution is -0.150. The number of carbonyl (C=O) groups excluding carboxylic acids is 1. The van der Waals surface area contributed by atoms with Crippen molar-refractivity contribution in [2.75, 3.05) is 13.2 Å². The minimum absolute atomic E-state index is 0.130. The molecule has 28 heavy (non-hydrogen) atoms. The molecule has 1 aromatic carbocycles. The van der Waals surface area contributed by atoms with Crippen molar-refractivity contribution in [2.24, 2.45) is 0 Å². The Hall–Kier alpha value is -2.51. The highest BCUT2D eigenvalue weighted by Gasteiger charge is 2.34. The number of hydrogen-bond donors (Lipinski definition) is 0. The number of nitrogens with zero attached hydrogens (tertiary/aromatic N) is 3. The van der Waals surface area contributed by atoms with E-state index in [1.807, 2.05) is 23.1 Å². The van der Waals surface area contributed by atoms with Gasteiger partial charge < -0.3 is 4.74 Å². The van der Waals surface area contributed by atoms with E-state index in [-0.39, 0.29) is 11.5 Å². The van der Waals surface area contributed by atoms with Crippen LogP contribution < -0.4 is 5.56 Å². The maximum absolute atomic E-state index is 12.8. The highest BCUT2D eigenvalue weighted by molar-refractivity contribution is 9.10. The summed E-state index contributed by atoms with van der Waals surface area (Å²) in [5.41, 5.74) is 3.19. The molecule has 3 aromatic rings. The highest BCUT2D eigenvalue weighted by Crippen LogP contribution is 2.33. The van der Waals surface area contributed by atoms with E-state index >= 15 is 0 Å². The normalized spacial score (nSPS) is 16.7. The Labute approximate surface area is 170 Å². The molecule has 6 nitrogen and oxygen atoms in total. The first-order valence-electron chi connectivity index (χ1n) is 9.23. The molecule has 1 atom stereocenters. The highest BCUT2D eigenvalue weighted by atomic mass is 79.9. The summed E-state index contributed by atoms with van der Waals surface area (Å²) < 4.78 is 7.85. The fraction of sp³-hybridized carbons (Fsp3) is 0.286. The van der Waals surface area contributed by atoms with Gasteiger partial charge in [0.15, 0.2) is 0 Å². The van der Waals surface area contributed by atoms with E-state index in [9.17, 15) is 9.59 Å². The number of rotatable bonds is 4. The molecule has 0 fully saturated rings. The summed E-state index contributed by atoms with van der Waals surface area (Å²) in [4.78, 5) is 31.8. The second kappa shape index (κ2) is 7.85. The van der Waals surface area contributed by atoms with Crippen LogP contribution in [-0.2, 0) is 22.5 Å². The largest absolute Gasteiger partial charge is 0.465 e. The molecule has 7 heteroatoms. The first kappa shape index (κ1) is 18.8. The summed E-state index contributed by atoms with van der Waals surface area (Å²) in [6.07, 6.45) is 2.52. The summed E-state index contributed by atoms with van der Waals surface area (Å²) in [6, 6.07) is 12.4. The fourth-order valence-electron chi connectivity index (χ4n) is 3.71. The third-order valence-electron chi connectivity index (χ3n) is 4.93. The Morgan fingerprint density at radius 3 is 2.96 bits per heavy atom. The topological polar surface area (TPSA) is 63.9 Å². The lowest BCUT2D eigenvalue weighted by atomic mass is 9.92. The molecule has 144 valence electrons. The van der Waals surface area contributed by atoms with Crippen LogP contribution in [0.5, 0.6) is 0 Å². The van der Waals surface area contributed by atoms with Gasteiger partial charge in [0.1, 0.15) is 11.7 Å². The van der Waals surface area contributed by atoms with E-state index < -0.39 is 6.04 Å². The zero-order chi connectivity index (χ0) is 19.7. The molecule has 1 aliphatic heterocycles. The number of aromatic nitrogens is 2. The van der Waals surface area contributed by atoms with Gasteiger partial charge in [-0.15, -0.1) is 0 Å². The van der Waals surface area contributed by atoms with Gasteiger partial charge in [-0.05, 0) is 48.7 Å². The van der Waals surface area contributed by atoms with Crippen LogP contribution in [-0.4, -0.2) is 33.4 Å². The Morgan fingerprint density at radius 1 is 1.29 bits per heavy atom. The smallest absolute Gasteiger partial charge is 0.328 e. The van der Waals surface area contributed by atoms with E-state index in [2.05, 4.69) is 27.0 Å². The molecule has 0 aliphatic carbocycles. The first-order valence-corrected chi connectivity index (χ1v) is 10.0. The van der Waals surface area contributed by atoms with Gasteiger partial charge in [-0.2, -0.15) is 0 Å². The first-order chi connectivity index (χ1) is 13.6. The van der Waals surface area contributed by atoms with Crippen LogP contribution in [0.15, 0.2) is 57.9 Å². The molecule has 1 aliphatic rings. The number of hydrogen-bond acceptors (Lipinski definition) is 5. The molecule has 0 spiro atoms. The van der Waals surface area contributed by atoms with Crippen molar-refractivity contribution in [3.63, 3.8) is 0 Å². The molecule has 1 unspecified atom stereocenters. The van der Waals surface area contributed by atoms with Crippen LogP contribution in [0.4, 0.5) is 0 Å². The SMILES string of the molecule is CCOC(=O)C1c2ccc(Br)cc2CCN1Cc1cc(=O)n2ccccc2n1. The molecule has 0 saturated carbocycles. The van der Waals surface area contributed by atoms with Gasteiger partial charge in [-0.1, -0.05) is 28.1 Å². The van der Waals surface area contributed by atoms with Crippen molar-refractivity contribution in [3.05, 3.63) is 80.3 Å². The van der Waals surface area contributed by atoms with Crippen molar-refractivity contribution in [3.8, 4) is 0 Å². The van der Waals surface area contributed by atoms with Gasteiger partial charge in [-0.3, -0.25) is 14.1 Å². The third-order valence-corrected chi connectivity index (χ3v) is 5.43. The molecule has 0 radical (unpaired) electrons. The number of benzene rings is 1. The molecular formula is C21H20BrN3O3. The Bertz CT molecular complexity index is 1100. The molecule has 0 N–H and O–H groups in total. The van der Waals surface area contributed by atoms with Gasteiger partial charge in [0.25, 0.3) is 5.56 Å². The number of carbonyl (C=O) groups is 1. The minimum atomic E-state index is -0.507. The maximum Gasteiger partial charge on any atom is 0.328 e. The van der Waals surface area contributed by atoms with Gasteiger partial charge >= 0.3 is 5.97 Å². The quantitative estimate of drug-likeness (QED) is 0.581. The summed E-state index contributed by atoms with van der Waals surface area (Å²) in [6.45, 7) is 3.21. The molecule has 2 aromatic heterocycles. The van der Waals surface area contributed by atoms with Crippen LogP contribution in [0.1, 0.15) is 29.8 Å². The minimum Gasteiger partial charge on any atom is -0.465 e. The number of fused-ring (bicyclic) bond motifs is 2. The maximum atomic E-state index is 12.8. The average molecular weight is 442 g/mol. The Balaban J connectivity index is 1.71. The molecule has 4 rings (SSSR count). The van der Waals surface area contributed by atoms with Crippen molar-refractivity contribution >= 4 is 27.5 Å². The monoisotopic (exact) mass is 441 g/mol. The van der Waals surface area contributed by atoms with Crippen LogP contribution in [0.3, 0.4) is 0 Å². The second-order valence-corrected chi connectivity index (χ2v) is 7.65. The van der Waals surface area contributed by atoms with Crippen molar-refractivity contribution in [1.29, 1.82) is 0 Å². The van der Waals surface area contributed by atoms with Crippen molar-refractivity contribution in [2.45, 2.75) is 25.9 Å². The third kappa shape index (κ3) is 3.59. The Morgan fingerprint density at radius 2 is 2.14 bits per heavy atom. The average Bonchev–Trinajstić information content (AvgIpc) is 2.68. The summed E-state index contributed by atoms with van der Waals surface area (Å²) in [5, 5.41) is 0. The zero-order valence-corrected chi connectivity index (χ0v) is 17.1. The van der Waals surface area contributed by atoms with E-state index in [1.54, 1.807) is 25.3 Å². The van der Waals surface area contributed by atoms with E-state index in [4.69, 9.17) is 4.74 Å². The standard InChI is InChI=1S/C21H20BrN3O3/c1-2-28-21(27)20-17-7-6-15(22)11-14(17)8-10-24(20)13-16-12-19(26)25-9-4-3-5-18(25)23-16/h3-7,9,11-12,20H,2,8,10,13H2,1H3. The van der Waals surface area contributed by atoms with E-state index in [0.717, 1.165) is 22.0 Å². The lowest BCUT2D eigenvalue weighted by Crippen LogP contribution is -2.40. The number of pyridine rings is 1. The predicted octanol–water partition coefficient (Wildman–Crippen LogP) is 3.12. The van der Waals surface area contributed by atoms with Gasteiger partial charge in [0.05, 0.1) is 12.3 Å². The second-order valence-electron chi connectivity index (χ2n) is 6.73. The van der Waals surface area contributed by atoms with Gasteiger partial charge in [-0.25, -0.2) is 9.78 Å². The Kier molecular flexibility index (Phi) is 5.28. The number of halogens is 1. The number of esters is 1. The van der Waals surface area contributed by atoms with Gasteiger partial charge in [0, 0.05) is 29.8 Å². The van der Waals surface area contributed by atoms with E-state index in [0.29, 0.717) is 31.0 Å². The van der Waals surface area contributed by atoms with Crippen molar-refractivity contribution in [1.82, 2.24) is 14.3 Å². The molecular weight excluding hydrogens is 422 g/mol. The lowest BCUT2D eigenvalue weighted by Gasteiger charge is -2.35. The summed E-state index contributed by atoms with van der Waals surface area (Å²) in [5.74, 6) is -0.275.